The maximum absolute atomic E-state index is 12.8. The van der Waals surface area contributed by atoms with Gasteiger partial charge in [-0.15, -0.1) is 11.8 Å². The van der Waals surface area contributed by atoms with Crippen LogP contribution < -0.4 is 15.4 Å². The van der Waals surface area contributed by atoms with Gasteiger partial charge in [-0.3, -0.25) is 9.59 Å². The Kier molecular flexibility index (Phi) is 7.88. The smallest absolute Gasteiger partial charge is 0.239 e. The fourth-order valence-electron chi connectivity index (χ4n) is 3.94. The van der Waals surface area contributed by atoms with Crippen LogP contribution in [0.4, 0.5) is 10.8 Å². The molecule has 1 atom stereocenters. The molecule has 3 aromatic rings. The van der Waals surface area contributed by atoms with Gasteiger partial charge in [0.2, 0.25) is 11.8 Å². The van der Waals surface area contributed by atoms with Gasteiger partial charge in [-0.25, -0.2) is 4.98 Å². The van der Waals surface area contributed by atoms with E-state index in [1.165, 1.54) is 29.5 Å². The molecule has 1 aliphatic carbocycles. The van der Waals surface area contributed by atoms with Crippen molar-refractivity contribution in [3.63, 3.8) is 0 Å². The molecule has 1 aliphatic rings. The highest BCUT2D eigenvalue weighted by Crippen LogP contribution is 2.31. The summed E-state index contributed by atoms with van der Waals surface area (Å²) in [7, 11) is 0. The number of carbonyl (C=O) groups is 2. The van der Waals surface area contributed by atoms with Crippen LogP contribution in [0, 0.1) is 5.92 Å². The molecular weight excluding hydrogens is 454 g/mol. The van der Waals surface area contributed by atoms with E-state index in [-0.39, 0.29) is 23.0 Å². The monoisotopic (exact) mass is 483 g/mol. The number of hydrogen-bond acceptors (Lipinski definition) is 6. The first-order valence-electron chi connectivity index (χ1n) is 11.4. The topological polar surface area (TPSA) is 80.3 Å². The molecule has 0 bridgehead atoms. The van der Waals surface area contributed by atoms with Crippen LogP contribution in [-0.4, -0.2) is 28.7 Å². The van der Waals surface area contributed by atoms with Crippen LogP contribution in [-0.2, 0) is 9.59 Å². The molecule has 1 fully saturated rings. The minimum Gasteiger partial charge on any atom is -0.494 e. The highest BCUT2D eigenvalue weighted by Gasteiger charge is 2.21. The first-order valence-corrected chi connectivity index (χ1v) is 13.1. The van der Waals surface area contributed by atoms with Crippen molar-refractivity contribution < 1.29 is 14.3 Å². The van der Waals surface area contributed by atoms with Gasteiger partial charge in [-0.1, -0.05) is 36.7 Å². The number of rotatable bonds is 8. The normalized spacial score (nSPS) is 15.2. The van der Waals surface area contributed by atoms with Crippen LogP contribution in [0.1, 0.15) is 46.0 Å². The molecule has 174 valence electrons. The summed E-state index contributed by atoms with van der Waals surface area (Å²) in [5, 5.41) is 6.24. The second-order valence-corrected chi connectivity index (χ2v) is 10.6. The van der Waals surface area contributed by atoms with E-state index in [1.807, 2.05) is 56.3 Å². The molecule has 1 unspecified atom stereocenters. The Morgan fingerprint density at radius 2 is 1.97 bits per heavy atom. The van der Waals surface area contributed by atoms with Gasteiger partial charge in [0, 0.05) is 16.5 Å². The van der Waals surface area contributed by atoms with E-state index in [4.69, 9.17) is 4.74 Å². The van der Waals surface area contributed by atoms with E-state index in [9.17, 15) is 9.59 Å². The first-order chi connectivity index (χ1) is 16.0. The molecule has 0 aliphatic heterocycles. The largest absolute Gasteiger partial charge is 0.494 e. The van der Waals surface area contributed by atoms with Gasteiger partial charge in [0.1, 0.15) is 5.75 Å². The Labute approximate surface area is 202 Å². The molecule has 8 heteroatoms. The van der Waals surface area contributed by atoms with Crippen LogP contribution in [0.2, 0.25) is 0 Å². The summed E-state index contributed by atoms with van der Waals surface area (Å²) < 4.78 is 6.51. The second kappa shape index (κ2) is 11.0. The number of nitrogens with zero attached hydrogens (tertiary/aromatic N) is 1. The fourth-order valence-corrected chi connectivity index (χ4v) is 5.76. The Morgan fingerprint density at radius 1 is 1.15 bits per heavy atom. The Morgan fingerprint density at radius 3 is 2.76 bits per heavy atom. The number of fused-ring (bicyclic) bond motifs is 1. The zero-order valence-corrected chi connectivity index (χ0v) is 20.6. The number of benzene rings is 2. The minimum atomic E-state index is -0.319. The number of anilines is 2. The minimum absolute atomic E-state index is 0.103. The lowest BCUT2D eigenvalue weighted by molar-refractivity contribution is -0.120. The van der Waals surface area contributed by atoms with Crippen molar-refractivity contribution in [2.24, 2.45) is 5.92 Å². The summed E-state index contributed by atoms with van der Waals surface area (Å²) >= 11 is 2.89. The molecule has 1 aromatic heterocycles. The van der Waals surface area contributed by atoms with Crippen LogP contribution in [0.3, 0.4) is 0 Å². The van der Waals surface area contributed by atoms with Gasteiger partial charge in [-0.05, 0) is 63.1 Å². The second-order valence-electron chi connectivity index (χ2n) is 8.18. The molecule has 0 saturated heterocycles. The molecule has 4 rings (SSSR count). The number of amides is 2. The number of hydrogen-bond donors (Lipinski definition) is 2. The zero-order chi connectivity index (χ0) is 23.2. The average Bonchev–Trinajstić information content (AvgIpc) is 3.21. The molecule has 0 radical (unpaired) electrons. The van der Waals surface area contributed by atoms with Crippen molar-refractivity contribution in [2.75, 3.05) is 17.2 Å². The van der Waals surface area contributed by atoms with E-state index in [0.29, 0.717) is 11.7 Å². The SMILES string of the molecule is CCOc1ccc2nc(NC(=O)C(C)Sc3cccc(NC(=O)C4CCCCC4)c3)sc2c1. The van der Waals surface area contributed by atoms with Gasteiger partial charge in [0.05, 0.1) is 22.1 Å². The molecule has 2 aromatic carbocycles. The highest BCUT2D eigenvalue weighted by atomic mass is 32.2. The summed E-state index contributed by atoms with van der Waals surface area (Å²) in [6.45, 7) is 4.42. The average molecular weight is 484 g/mol. The van der Waals surface area contributed by atoms with E-state index >= 15 is 0 Å². The standard InChI is InChI=1S/C25H29N3O3S2/c1-3-31-19-12-13-21-22(15-19)33-25(27-21)28-23(29)16(2)32-20-11-7-10-18(14-20)26-24(30)17-8-5-4-6-9-17/h7,10-17H,3-6,8-9H2,1-2H3,(H,26,30)(H,27,28,29). The van der Waals surface area contributed by atoms with Crippen molar-refractivity contribution in [3.8, 4) is 5.75 Å². The number of carbonyl (C=O) groups excluding carboxylic acids is 2. The van der Waals surface area contributed by atoms with E-state index in [0.717, 1.165) is 52.2 Å². The summed E-state index contributed by atoms with van der Waals surface area (Å²) in [5.74, 6) is 0.899. The van der Waals surface area contributed by atoms with E-state index in [2.05, 4.69) is 15.6 Å². The third kappa shape index (κ3) is 6.26. The molecule has 1 saturated carbocycles. The lowest BCUT2D eigenvalue weighted by Gasteiger charge is -2.21. The van der Waals surface area contributed by atoms with Crippen molar-refractivity contribution in [1.82, 2.24) is 4.98 Å². The quantitative estimate of drug-likeness (QED) is 0.366. The molecule has 1 heterocycles. The lowest BCUT2D eigenvalue weighted by Crippen LogP contribution is -2.24. The Bertz CT molecular complexity index is 1130. The number of thiazole rings is 1. The van der Waals surface area contributed by atoms with E-state index < -0.39 is 0 Å². The maximum atomic E-state index is 12.8. The van der Waals surface area contributed by atoms with Gasteiger partial charge in [0.25, 0.3) is 0 Å². The van der Waals surface area contributed by atoms with Gasteiger partial charge in [-0.2, -0.15) is 0 Å². The van der Waals surface area contributed by atoms with Crippen LogP contribution in [0.25, 0.3) is 10.2 Å². The Hall–Kier alpha value is -2.58. The first kappa shape index (κ1) is 23.6. The van der Waals surface area contributed by atoms with Gasteiger partial charge < -0.3 is 15.4 Å². The summed E-state index contributed by atoms with van der Waals surface area (Å²) in [6.07, 6.45) is 5.42. The number of nitrogens with one attached hydrogen (secondary N) is 2. The predicted octanol–water partition coefficient (Wildman–Crippen LogP) is 6.33. The third-order valence-electron chi connectivity index (χ3n) is 5.66. The predicted molar refractivity (Wildman–Crippen MR) is 136 cm³/mol. The number of ether oxygens (including phenoxy) is 1. The molecule has 2 amide bonds. The van der Waals surface area contributed by atoms with Crippen molar-refractivity contribution in [2.45, 2.75) is 56.1 Å². The molecular formula is C25H29N3O3S2. The van der Waals surface area contributed by atoms with Crippen molar-refractivity contribution >= 4 is 55.9 Å². The molecule has 2 N–H and O–H groups in total. The van der Waals surface area contributed by atoms with Crippen LogP contribution in [0.5, 0.6) is 5.75 Å². The zero-order valence-electron chi connectivity index (χ0n) is 18.9. The van der Waals surface area contributed by atoms with Gasteiger partial charge in [0.15, 0.2) is 5.13 Å². The van der Waals surface area contributed by atoms with Crippen LogP contribution in [0.15, 0.2) is 47.4 Å². The van der Waals surface area contributed by atoms with E-state index in [1.54, 1.807) is 0 Å². The Balaban J connectivity index is 1.35. The van der Waals surface area contributed by atoms with Gasteiger partial charge >= 0.3 is 0 Å². The highest BCUT2D eigenvalue weighted by molar-refractivity contribution is 8.00. The lowest BCUT2D eigenvalue weighted by atomic mass is 9.88. The molecule has 33 heavy (non-hydrogen) atoms. The van der Waals surface area contributed by atoms with Crippen molar-refractivity contribution in [1.29, 1.82) is 0 Å². The fraction of sp³-hybridized carbons (Fsp3) is 0.400. The maximum Gasteiger partial charge on any atom is 0.239 e. The molecule has 0 spiro atoms. The molecule has 6 nitrogen and oxygen atoms in total. The summed E-state index contributed by atoms with van der Waals surface area (Å²) in [5.41, 5.74) is 1.61. The van der Waals surface area contributed by atoms with Crippen LogP contribution >= 0.6 is 23.1 Å². The summed E-state index contributed by atoms with van der Waals surface area (Å²) in [4.78, 5) is 30.8. The summed E-state index contributed by atoms with van der Waals surface area (Å²) in [6, 6.07) is 13.4. The number of aromatic nitrogens is 1. The number of thioether (sulfide) groups is 1. The van der Waals surface area contributed by atoms with Crippen molar-refractivity contribution in [3.05, 3.63) is 42.5 Å². The third-order valence-corrected chi connectivity index (χ3v) is 7.69.